The second kappa shape index (κ2) is 7.11. The summed E-state index contributed by atoms with van der Waals surface area (Å²) in [5.74, 6) is -0.167. The van der Waals surface area contributed by atoms with Crippen molar-refractivity contribution in [2.24, 2.45) is 5.92 Å². The number of nitrogens with one attached hydrogen (secondary N) is 2. The molecule has 21 heavy (non-hydrogen) atoms. The highest BCUT2D eigenvalue weighted by atomic mass is 16.2. The lowest BCUT2D eigenvalue weighted by Crippen LogP contribution is -2.45. The topological polar surface area (TPSA) is 61.4 Å². The quantitative estimate of drug-likeness (QED) is 0.858. The van der Waals surface area contributed by atoms with E-state index in [1.54, 1.807) is 11.9 Å². The molecule has 0 fully saturated rings. The molecule has 5 heteroatoms. The molecule has 2 amide bonds. The summed E-state index contributed by atoms with van der Waals surface area (Å²) >= 11 is 0. The first-order chi connectivity index (χ1) is 10.2. The molecule has 1 aromatic rings. The summed E-state index contributed by atoms with van der Waals surface area (Å²) < 4.78 is 0. The summed E-state index contributed by atoms with van der Waals surface area (Å²) in [6, 6.07) is 8.06. The van der Waals surface area contributed by atoms with E-state index >= 15 is 0 Å². The summed E-state index contributed by atoms with van der Waals surface area (Å²) in [4.78, 5) is 25.9. The summed E-state index contributed by atoms with van der Waals surface area (Å²) in [6.07, 6.45) is 1.58. The molecule has 0 bridgehead atoms. The number of carbonyl (C=O) groups is 2. The van der Waals surface area contributed by atoms with Crippen molar-refractivity contribution < 1.29 is 9.59 Å². The Morgan fingerprint density at radius 1 is 1.38 bits per heavy atom. The summed E-state index contributed by atoms with van der Waals surface area (Å²) in [7, 11) is 1.59. The number of rotatable bonds is 5. The van der Waals surface area contributed by atoms with Gasteiger partial charge in [0.2, 0.25) is 11.8 Å². The molecule has 0 saturated heterocycles. The lowest BCUT2D eigenvalue weighted by Gasteiger charge is -2.30. The van der Waals surface area contributed by atoms with Crippen LogP contribution in [0.1, 0.15) is 18.9 Å². The second-order valence-electron chi connectivity index (χ2n) is 5.37. The van der Waals surface area contributed by atoms with Crippen molar-refractivity contribution in [2.75, 3.05) is 32.0 Å². The van der Waals surface area contributed by atoms with Gasteiger partial charge in [0.15, 0.2) is 0 Å². The van der Waals surface area contributed by atoms with Gasteiger partial charge in [0.25, 0.3) is 0 Å². The monoisotopic (exact) mass is 289 g/mol. The minimum Gasteiger partial charge on any atom is -0.384 e. The van der Waals surface area contributed by atoms with Crippen molar-refractivity contribution in [3.63, 3.8) is 0 Å². The van der Waals surface area contributed by atoms with E-state index in [1.807, 2.05) is 31.2 Å². The summed E-state index contributed by atoms with van der Waals surface area (Å²) in [5, 5.41) is 5.89. The molecule has 0 spiro atoms. The molecule has 1 aromatic carbocycles. The largest absolute Gasteiger partial charge is 0.384 e. The number of benzene rings is 1. The molecule has 5 nitrogen and oxygen atoms in total. The van der Waals surface area contributed by atoms with Crippen LogP contribution in [-0.2, 0) is 16.0 Å². The maximum absolute atomic E-state index is 12.7. The van der Waals surface area contributed by atoms with Gasteiger partial charge < -0.3 is 15.5 Å². The zero-order valence-corrected chi connectivity index (χ0v) is 12.7. The average molecular weight is 289 g/mol. The normalized spacial score (nSPS) is 16.6. The molecule has 114 valence electrons. The van der Waals surface area contributed by atoms with E-state index in [9.17, 15) is 9.59 Å². The lowest BCUT2D eigenvalue weighted by molar-refractivity contribution is -0.139. The zero-order chi connectivity index (χ0) is 15.2. The summed E-state index contributed by atoms with van der Waals surface area (Å²) in [6.45, 7) is 3.40. The molecule has 0 radical (unpaired) electrons. The predicted molar refractivity (Wildman–Crippen MR) is 83.1 cm³/mol. The highest BCUT2D eigenvalue weighted by Gasteiger charge is 2.28. The van der Waals surface area contributed by atoms with E-state index in [2.05, 4.69) is 10.6 Å². The smallest absolute Gasteiger partial charge is 0.239 e. The van der Waals surface area contributed by atoms with Crippen LogP contribution in [0.2, 0.25) is 0 Å². The number of hydrogen-bond donors (Lipinski definition) is 2. The second-order valence-corrected chi connectivity index (χ2v) is 5.37. The number of hydrogen-bond acceptors (Lipinski definition) is 3. The Kier molecular flexibility index (Phi) is 5.20. The van der Waals surface area contributed by atoms with Gasteiger partial charge in [0.05, 0.1) is 12.5 Å². The van der Waals surface area contributed by atoms with Crippen LogP contribution in [0.15, 0.2) is 24.3 Å². The number of para-hydroxylation sites is 1. The first kappa shape index (κ1) is 15.4. The molecule has 1 aliphatic rings. The first-order valence-electron chi connectivity index (χ1n) is 7.46. The lowest BCUT2D eigenvalue weighted by atomic mass is 9.93. The van der Waals surface area contributed by atoms with Crippen molar-refractivity contribution in [1.29, 1.82) is 0 Å². The minimum absolute atomic E-state index is 0.0578. The zero-order valence-electron chi connectivity index (χ0n) is 12.7. The van der Waals surface area contributed by atoms with Gasteiger partial charge >= 0.3 is 0 Å². The Hall–Kier alpha value is -2.04. The number of carbonyl (C=O) groups excluding carboxylic acids is 2. The fourth-order valence-electron chi connectivity index (χ4n) is 2.66. The molecule has 2 rings (SSSR count). The molecule has 1 aliphatic heterocycles. The van der Waals surface area contributed by atoms with Crippen LogP contribution in [0.5, 0.6) is 0 Å². The third-order valence-corrected chi connectivity index (χ3v) is 3.79. The number of likely N-dealkylation sites (N-methyl/N-ethyl adjacent to an activating group) is 1. The molecular weight excluding hydrogens is 266 g/mol. The van der Waals surface area contributed by atoms with E-state index in [0.717, 1.165) is 18.5 Å². The standard InChI is InChI=1S/C16H23N3O2/c1-3-8-19(11-15(20)17-2)16(21)13-9-12-6-4-5-7-14(12)18-10-13/h4-7,13,18H,3,8-11H2,1-2H3,(H,17,20). The Morgan fingerprint density at radius 3 is 2.86 bits per heavy atom. The summed E-state index contributed by atoms with van der Waals surface area (Å²) in [5.41, 5.74) is 2.27. The molecule has 0 aromatic heterocycles. The van der Waals surface area contributed by atoms with Crippen LogP contribution >= 0.6 is 0 Å². The highest BCUT2D eigenvalue weighted by Crippen LogP contribution is 2.25. The Morgan fingerprint density at radius 2 is 2.14 bits per heavy atom. The highest BCUT2D eigenvalue weighted by molar-refractivity contribution is 5.86. The van der Waals surface area contributed by atoms with E-state index < -0.39 is 0 Å². The van der Waals surface area contributed by atoms with E-state index in [1.165, 1.54) is 5.56 Å². The van der Waals surface area contributed by atoms with Gasteiger partial charge in [-0.05, 0) is 24.5 Å². The average Bonchev–Trinajstić information content (AvgIpc) is 2.53. The van der Waals surface area contributed by atoms with Gasteiger partial charge in [-0.2, -0.15) is 0 Å². The fraction of sp³-hybridized carbons (Fsp3) is 0.500. The van der Waals surface area contributed by atoms with E-state index in [0.29, 0.717) is 13.1 Å². The SMILES string of the molecule is CCCN(CC(=O)NC)C(=O)C1CNc2ccccc2C1. The molecule has 0 saturated carbocycles. The predicted octanol–water partition coefficient (Wildman–Crippen LogP) is 1.26. The number of amides is 2. The van der Waals surface area contributed by atoms with Crippen LogP contribution in [0.3, 0.4) is 0 Å². The number of anilines is 1. The van der Waals surface area contributed by atoms with Crippen molar-refractivity contribution in [2.45, 2.75) is 19.8 Å². The van der Waals surface area contributed by atoms with Gasteiger partial charge in [-0.1, -0.05) is 25.1 Å². The Labute approximate surface area is 125 Å². The van der Waals surface area contributed by atoms with Gasteiger partial charge in [-0.3, -0.25) is 9.59 Å². The number of fused-ring (bicyclic) bond motifs is 1. The molecule has 2 N–H and O–H groups in total. The number of nitrogens with zero attached hydrogens (tertiary/aromatic N) is 1. The molecule has 1 heterocycles. The third kappa shape index (κ3) is 3.74. The van der Waals surface area contributed by atoms with Crippen molar-refractivity contribution in [1.82, 2.24) is 10.2 Å². The minimum atomic E-state index is -0.124. The van der Waals surface area contributed by atoms with E-state index in [-0.39, 0.29) is 24.3 Å². The fourth-order valence-corrected chi connectivity index (χ4v) is 2.66. The van der Waals surface area contributed by atoms with Gasteiger partial charge in [-0.25, -0.2) is 0 Å². The van der Waals surface area contributed by atoms with Crippen LogP contribution in [0.25, 0.3) is 0 Å². The van der Waals surface area contributed by atoms with Crippen LogP contribution in [0.4, 0.5) is 5.69 Å². The Balaban J connectivity index is 2.06. The van der Waals surface area contributed by atoms with E-state index in [4.69, 9.17) is 0 Å². The van der Waals surface area contributed by atoms with Crippen molar-refractivity contribution in [3.8, 4) is 0 Å². The van der Waals surface area contributed by atoms with Crippen LogP contribution < -0.4 is 10.6 Å². The molecule has 1 atom stereocenters. The van der Waals surface area contributed by atoms with Gasteiger partial charge in [-0.15, -0.1) is 0 Å². The molecule has 0 aliphatic carbocycles. The van der Waals surface area contributed by atoms with Crippen molar-refractivity contribution in [3.05, 3.63) is 29.8 Å². The van der Waals surface area contributed by atoms with Gasteiger partial charge in [0, 0.05) is 25.8 Å². The third-order valence-electron chi connectivity index (χ3n) is 3.79. The van der Waals surface area contributed by atoms with Crippen LogP contribution in [0, 0.1) is 5.92 Å². The van der Waals surface area contributed by atoms with Gasteiger partial charge in [0.1, 0.15) is 0 Å². The maximum atomic E-state index is 12.7. The molecule has 1 unspecified atom stereocenters. The van der Waals surface area contributed by atoms with Crippen LogP contribution in [-0.4, -0.2) is 43.4 Å². The van der Waals surface area contributed by atoms with Crippen molar-refractivity contribution >= 4 is 17.5 Å². The molecular formula is C16H23N3O2. The first-order valence-corrected chi connectivity index (χ1v) is 7.46. The maximum Gasteiger partial charge on any atom is 0.239 e. The Bertz CT molecular complexity index is 516.